The predicted molar refractivity (Wildman–Crippen MR) is 73.5 cm³/mol. The van der Waals surface area contributed by atoms with Crippen molar-refractivity contribution in [3.8, 4) is 0 Å². The Balaban J connectivity index is 3.61. The third kappa shape index (κ3) is 2.94. The SMILES string of the molecule is CC/C(N)=C(\c1c(N)cc(F)cc1Cl)C(C)(C)O. The van der Waals surface area contributed by atoms with Gasteiger partial charge in [0.05, 0.1) is 10.6 Å². The fourth-order valence-electron chi connectivity index (χ4n) is 1.89. The molecular weight excluding hydrogens is 255 g/mol. The minimum Gasteiger partial charge on any atom is -0.402 e. The molecule has 0 aromatic heterocycles. The van der Waals surface area contributed by atoms with Gasteiger partial charge in [-0.05, 0) is 32.4 Å². The lowest BCUT2D eigenvalue weighted by atomic mass is 9.88. The van der Waals surface area contributed by atoms with Gasteiger partial charge in [0.1, 0.15) is 5.82 Å². The van der Waals surface area contributed by atoms with Gasteiger partial charge < -0.3 is 16.6 Å². The van der Waals surface area contributed by atoms with Gasteiger partial charge in [-0.1, -0.05) is 18.5 Å². The molecule has 0 atom stereocenters. The Hall–Kier alpha value is -1.26. The van der Waals surface area contributed by atoms with E-state index in [0.717, 1.165) is 12.1 Å². The van der Waals surface area contributed by atoms with E-state index in [1.54, 1.807) is 13.8 Å². The standard InChI is InChI=1S/C13H18ClFN2O/c1-4-9(16)12(13(2,3)18)11-8(14)5-7(15)6-10(11)17/h5-6,18H,4,16-17H2,1-3H3/b12-9-. The fourth-order valence-corrected chi connectivity index (χ4v) is 2.20. The molecule has 0 heterocycles. The molecule has 5 N–H and O–H groups in total. The van der Waals surface area contributed by atoms with Gasteiger partial charge in [-0.25, -0.2) is 4.39 Å². The normalized spacial score (nSPS) is 13.4. The topological polar surface area (TPSA) is 72.3 Å². The molecular formula is C13H18ClFN2O. The van der Waals surface area contributed by atoms with Crippen LogP contribution in [0.1, 0.15) is 32.8 Å². The van der Waals surface area contributed by atoms with Crippen LogP contribution in [0.3, 0.4) is 0 Å². The number of nitrogen functional groups attached to an aromatic ring is 1. The summed E-state index contributed by atoms with van der Waals surface area (Å²) in [5, 5.41) is 10.3. The van der Waals surface area contributed by atoms with Crippen LogP contribution in [0, 0.1) is 5.82 Å². The van der Waals surface area contributed by atoms with Gasteiger partial charge in [0.15, 0.2) is 0 Å². The lowest BCUT2D eigenvalue weighted by molar-refractivity contribution is 0.143. The first-order valence-corrected chi connectivity index (χ1v) is 6.02. The fraction of sp³-hybridized carbons (Fsp3) is 0.385. The average Bonchev–Trinajstić information content (AvgIpc) is 2.20. The van der Waals surface area contributed by atoms with Gasteiger partial charge in [-0.3, -0.25) is 0 Å². The molecule has 1 rings (SSSR count). The molecule has 0 saturated carbocycles. The molecule has 5 heteroatoms. The number of hydrogen-bond acceptors (Lipinski definition) is 3. The monoisotopic (exact) mass is 272 g/mol. The Morgan fingerprint density at radius 2 is 2.00 bits per heavy atom. The maximum Gasteiger partial charge on any atom is 0.126 e. The Kier molecular flexibility index (Phi) is 4.24. The summed E-state index contributed by atoms with van der Waals surface area (Å²) in [4.78, 5) is 0. The highest BCUT2D eigenvalue weighted by Gasteiger charge is 2.27. The van der Waals surface area contributed by atoms with Crippen molar-refractivity contribution in [2.75, 3.05) is 5.73 Å². The van der Waals surface area contributed by atoms with Gasteiger partial charge in [-0.15, -0.1) is 0 Å². The van der Waals surface area contributed by atoms with Crippen molar-refractivity contribution in [3.05, 3.63) is 34.2 Å². The van der Waals surface area contributed by atoms with E-state index in [2.05, 4.69) is 0 Å². The zero-order valence-corrected chi connectivity index (χ0v) is 11.5. The summed E-state index contributed by atoms with van der Waals surface area (Å²) in [7, 11) is 0. The Labute approximate surface area is 111 Å². The number of aliphatic hydroxyl groups is 1. The highest BCUT2D eigenvalue weighted by Crippen LogP contribution is 2.38. The summed E-state index contributed by atoms with van der Waals surface area (Å²) >= 11 is 6.02. The first-order valence-electron chi connectivity index (χ1n) is 5.64. The number of anilines is 1. The van der Waals surface area contributed by atoms with Crippen LogP contribution < -0.4 is 11.5 Å². The molecule has 0 bridgehead atoms. The van der Waals surface area contributed by atoms with Crippen molar-refractivity contribution in [3.63, 3.8) is 0 Å². The molecule has 0 aliphatic carbocycles. The van der Waals surface area contributed by atoms with Crippen LogP contribution in [0.5, 0.6) is 0 Å². The maximum atomic E-state index is 13.2. The van der Waals surface area contributed by atoms with Crippen LogP contribution in [0.4, 0.5) is 10.1 Å². The van der Waals surface area contributed by atoms with E-state index in [0.29, 0.717) is 23.3 Å². The number of allylic oxidation sites excluding steroid dienone is 1. The second kappa shape index (κ2) is 5.16. The highest BCUT2D eigenvalue weighted by atomic mass is 35.5. The van der Waals surface area contributed by atoms with Crippen LogP contribution in [-0.4, -0.2) is 10.7 Å². The van der Waals surface area contributed by atoms with E-state index in [4.69, 9.17) is 23.1 Å². The minimum absolute atomic E-state index is 0.140. The molecule has 0 amide bonds. The largest absolute Gasteiger partial charge is 0.402 e. The zero-order chi connectivity index (χ0) is 14.1. The second-order valence-corrected chi connectivity index (χ2v) is 5.07. The Morgan fingerprint density at radius 3 is 2.39 bits per heavy atom. The molecule has 0 unspecified atom stereocenters. The number of nitrogens with two attached hydrogens (primary N) is 2. The molecule has 0 aliphatic heterocycles. The first kappa shape index (κ1) is 14.8. The number of halogens is 2. The molecule has 100 valence electrons. The van der Waals surface area contributed by atoms with Crippen molar-refractivity contribution in [2.24, 2.45) is 5.73 Å². The van der Waals surface area contributed by atoms with E-state index < -0.39 is 11.4 Å². The molecule has 0 saturated heterocycles. The highest BCUT2D eigenvalue weighted by molar-refractivity contribution is 6.33. The second-order valence-electron chi connectivity index (χ2n) is 4.66. The summed E-state index contributed by atoms with van der Waals surface area (Å²) in [5.74, 6) is -0.522. The molecule has 18 heavy (non-hydrogen) atoms. The van der Waals surface area contributed by atoms with Crippen LogP contribution in [-0.2, 0) is 0 Å². The van der Waals surface area contributed by atoms with Gasteiger partial charge >= 0.3 is 0 Å². The van der Waals surface area contributed by atoms with Crippen LogP contribution in [0.25, 0.3) is 5.57 Å². The summed E-state index contributed by atoms with van der Waals surface area (Å²) < 4.78 is 13.2. The smallest absolute Gasteiger partial charge is 0.126 e. The maximum absolute atomic E-state index is 13.2. The van der Waals surface area contributed by atoms with E-state index in [9.17, 15) is 9.50 Å². The molecule has 0 fully saturated rings. The zero-order valence-electron chi connectivity index (χ0n) is 10.7. The third-order valence-electron chi connectivity index (χ3n) is 2.65. The average molecular weight is 273 g/mol. The summed E-state index contributed by atoms with van der Waals surface area (Å²) in [5.41, 5.74) is 12.0. The molecule has 0 radical (unpaired) electrons. The Bertz CT molecular complexity index is 469. The first-order chi connectivity index (χ1) is 8.18. The number of hydrogen-bond donors (Lipinski definition) is 3. The van der Waals surface area contributed by atoms with Crippen molar-refractivity contribution < 1.29 is 9.50 Å². The van der Waals surface area contributed by atoms with Crippen LogP contribution >= 0.6 is 11.6 Å². The van der Waals surface area contributed by atoms with Gasteiger partial charge in [0.25, 0.3) is 0 Å². The lowest BCUT2D eigenvalue weighted by Gasteiger charge is -2.26. The van der Waals surface area contributed by atoms with Crippen molar-refractivity contribution in [1.82, 2.24) is 0 Å². The van der Waals surface area contributed by atoms with Gasteiger partial charge in [0, 0.05) is 22.5 Å². The third-order valence-corrected chi connectivity index (χ3v) is 2.95. The Morgan fingerprint density at radius 1 is 1.44 bits per heavy atom. The molecule has 1 aromatic carbocycles. The summed E-state index contributed by atoms with van der Waals surface area (Å²) in [6.07, 6.45) is 0.534. The number of benzene rings is 1. The van der Waals surface area contributed by atoms with Gasteiger partial charge in [-0.2, -0.15) is 0 Å². The molecule has 0 spiro atoms. The van der Waals surface area contributed by atoms with Crippen molar-refractivity contribution in [2.45, 2.75) is 32.8 Å². The molecule has 1 aromatic rings. The quantitative estimate of drug-likeness (QED) is 0.741. The summed E-state index contributed by atoms with van der Waals surface area (Å²) in [6.45, 7) is 5.03. The lowest BCUT2D eigenvalue weighted by Crippen LogP contribution is -2.25. The van der Waals surface area contributed by atoms with Crippen molar-refractivity contribution >= 4 is 22.9 Å². The van der Waals surface area contributed by atoms with Crippen LogP contribution in [0.15, 0.2) is 17.8 Å². The van der Waals surface area contributed by atoms with Crippen molar-refractivity contribution in [1.29, 1.82) is 0 Å². The van der Waals surface area contributed by atoms with Gasteiger partial charge in [0.2, 0.25) is 0 Å². The summed E-state index contributed by atoms with van der Waals surface area (Å²) in [6, 6.07) is 2.32. The molecule has 0 aliphatic rings. The van der Waals surface area contributed by atoms with E-state index in [1.165, 1.54) is 0 Å². The minimum atomic E-state index is -1.21. The number of rotatable bonds is 3. The van der Waals surface area contributed by atoms with Crippen LogP contribution in [0.2, 0.25) is 5.02 Å². The van der Waals surface area contributed by atoms with E-state index in [-0.39, 0.29) is 10.7 Å². The molecule has 3 nitrogen and oxygen atoms in total. The van der Waals surface area contributed by atoms with E-state index in [1.807, 2.05) is 6.92 Å². The predicted octanol–water partition coefficient (Wildman–Crippen LogP) is 2.91. The van der Waals surface area contributed by atoms with E-state index >= 15 is 0 Å².